The molecule has 1 aromatic rings. The molecule has 2 atom stereocenters. The summed E-state index contributed by atoms with van der Waals surface area (Å²) < 4.78 is 33.2. The normalized spacial score (nSPS) is 27.8. The van der Waals surface area contributed by atoms with Gasteiger partial charge in [0.15, 0.2) is 0 Å². The lowest BCUT2D eigenvalue weighted by Crippen LogP contribution is -2.41. The molecular weight excluding hydrogens is 286 g/mol. The number of ether oxygens (including phenoxy) is 1. The summed E-state index contributed by atoms with van der Waals surface area (Å²) in [5, 5.41) is 10.7. The molecule has 2 N–H and O–H groups in total. The maximum Gasteiger partial charge on any atom is 0.250 e. The second-order valence-corrected chi connectivity index (χ2v) is 7.97. The Hall–Kier alpha value is -0.470. The molecule has 0 aromatic carbocycles. The third-order valence-electron chi connectivity index (χ3n) is 3.61. The van der Waals surface area contributed by atoms with Gasteiger partial charge >= 0.3 is 0 Å². The van der Waals surface area contributed by atoms with Crippen LogP contribution in [-0.2, 0) is 21.4 Å². The standard InChI is InChI=1S/C12H17NO4S2/c14-6-8-5-11(18-7-8)19(15,16)13-10-3-4-17-12(10)9-1-2-9/h5,7,9-10,12-14H,1-4,6H2. The van der Waals surface area contributed by atoms with E-state index in [2.05, 4.69) is 4.72 Å². The van der Waals surface area contributed by atoms with Gasteiger partial charge in [-0.1, -0.05) is 0 Å². The number of thiophene rings is 1. The summed E-state index contributed by atoms with van der Waals surface area (Å²) >= 11 is 1.14. The summed E-state index contributed by atoms with van der Waals surface area (Å²) in [6, 6.07) is 1.41. The predicted octanol–water partition coefficient (Wildman–Crippen LogP) is 1.09. The average molecular weight is 303 g/mol. The molecule has 1 saturated carbocycles. The molecule has 1 aromatic heterocycles. The molecule has 1 aliphatic heterocycles. The Bertz CT molecular complexity index is 550. The number of nitrogens with one attached hydrogen (secondary N) is 1. The number of rotatable bonds is 5. The van der Waals surface area contributed by atoms with Crippen LogP contribution in [0, 0.1) is 5.92 Å². The van der Waals surface area contributed by atoms with Gasteiger partial charge in [-0.15, -0.1) is 11.3 Å². The van der Waals surface area contributed by atoms with E-state index in [0.717, 1.165) is 30.6 Å². The van der Waals surface area contributed by atoms with Crippen molar-refractivity contribution < 1.29 is 18.3 Å². The van der Waals surface area contributed by atoms with Gasteiger partial charge in [0.05, 0.1) is 18.8 Å². The Balaban J connectivity index is 1.73. The molecule has 2 fully saturated rings. The van der Waals surface area contributed by atoms with E-state index in [-0.39, 0.29) is 23.0 Å². The Kier molecular flexibility index (Phi) is 3.65. The first kappa shape index (κ1) is 13.5. The van der Waals surface area contributed by atoms with Crippen LogP contribution in [0.5, 0.6) is 0 Å². The SMILES string of the molecule is O=S(=O)(NC1CCOC1C1CC1)c1cc(CO)cs1. The fourth-order valence-electron chi connectivity index (χ4n) is 2.46. The fourth-order valence-corrected chi connectivity index (χ4v) is 4.96. The second-order valence-electron chi connectivity index (χ2n) is 5.12. The zero-order valence-electron chi connectivity index (χ0n) is 10.4. The second kappa shape index (κ2) is 5.14. The lowest BCUT2D eigenvalue weighted by Gasteiger charge is -2.18. The molecule has 1 saturated heterocycles. The monoisotopic (exact) mass is 303 g/mol. The summed E-state index contributed by atoms with van der Waals surface area (Å²) in [6.07, 6.45) is 3.04. The lowest BCUT2D eigenvalue weighted by atomic mass is 10.1. The van der Waals surface area contributed by atoms with Gasteiger partial charge in [0.25, 0.3) is 0 Å². The zero-order chi connectivity index (χ0) is 13.5. The van der Waals surface area contributed by atoms with Crippen LogP contribution in [0.25, 0.3) is 0 Å². The van der Waals surface area contributed by atoms with E-state index in [4.69, 9.17) is 9.84 Å². The molecule has 1 aliphatic carbocycles. The van der Waals surface area contributed by atoms with Crippen molar-refractivity contribution in [2.75, 3.05) is 6.61 Å². The van der Waals surface area contributed by atoms with E-state index >= 15 is 0 Å². The van der Waals surface area contributed by atoms with Crippen molar-refractivity contribution in [1.29, 1.82) is 0 Å². The molecule has 7 heteroatoms. The molecule has 2 aliphatic rings. The van der Waals surface area contributed by atoms with Crippen LogP contribution in [0.15, 0.2) is 15.7 Å². The molecule has 5 nitrogen and oxygen atoms in total. The molecule has 2 heterocycles. The molecule has 19 heavy (non-hydrogen) atoms. The summed E-state index contributed by atoms with van der Waals surface area (Å²) in [7, 11) is -3.49. The van der Waals surface area contributed by atoms with Gasteiger partial charge in [0, 0.05) is 6.61 Å². The van der Waals surface area contributed by atoms with Gasteiger partial charge in [0.2, 0.25) is 10.0 Å². The first-order valence-electron chi connectivity index (χ1n) is 6.42. The third kappa shape index (κ3) is 2.85. The Morgan fingerprint density at radius 1 is 1.42 bits per heavy atom. The minimum Gasteiger partial charge on any atom is -0.392 e. The number of hydrogen-bond donors (Lipinski definition) is 2. The highest BCUT2D eigenvalue weighted by molar-refractivity contribution is 7.91. The fraction of sp³-hybridized carbons (Fsp3) is 0.667. The van der Waals surface area contributed by atoms with E-state index in [1.165, 1.54) is 6.07 Å². The number of aliphatic hydroxyl groups excluding tert-OH is 1. The molecule has 0 bridgehead atoms. The van der Waals surface area contributed by atoms with Gasteiger partial charge in [-0.05, 0) is 42.2 Å². The Labute approximate surface area is 116 Å². The van der Waals surface area contributed by atoms with Crippen LogP contribution < -0.4 is 4.72 Å². The van der Waals surface area contributed by atoms with Crippen molar-refractivity contribution in [3.05, 3.63) is 17.0 Å². The lowest BCUT2D eigenvalue weighted by molar-refractivity contribution is 0.0848. The van der Waals surface area contributed by atoms with E-state index < -0.39 is 10.0 Å². The average Bonchev–Trinajstić information content (AvgIpc) is 2.92. The van der Waals surface area contributed by atoms with Gasteiger partial charge in [-0.25, -0.2) is 13.1 Å². The number of hydrogen-bond acceptors (Lipinski definition) is 5. The Morgan fingerprint density at radius 2 is 2.21 bits per heavy atom. The van der Waals surface area contributed by atoms with Gasteiger partial charge in [-0.3, -0.25) is 0 Å². The van der Waals surface area contributed by atoms with Crippen molar-refractivity contribution in [1.82, 2.24) is 4.72 Å². The van der Waals surface area contributed by atoms with E-state index in [9.17, 15) is 8.42 Å². The predicted molar refractivity (Wildman–Crippen MR) is 71.4 cm³/mol. The largest absolute Gasteiger partial charge is 0.392 e. The smallest absolute Gasteiger partial charge is 0.250 e. The van der Waals surface area contributed by atoms with Crippen molar-refractivity contribution in [2.45, 2.75) is 42.2 Å². The molecule has 2 unspecified atom stereocenters. The molecular formula is C12H17NO4S2. The Morgan fingerprint density at radius 3 is 2.84 bits per heavy atom. The summed E-state index contributed by atoms with van der Waals surface area (Å²) in [4.78, 5) is 0. The highest BCUT2D eigenvalue weighted by atomic mass is 32.2. The van der Waals surface area contributed by atoms with E-state index in [0.29, 0.717) is 18.1 Å². The van der Waals surface area contributed by atoms with Gasteiger partial charge < -0.3 is 9.84 Å². The maximum absolute atomic E-state index is 12.3. The van der Waals surface area contributed by atoms with Crippen LogP contribution >= 0.6 is 11.3 Å². The molecule has 0 spiro atoms. The highest BCUT2D eigenvalue weighted by Crippen LogP contribution is 2.39. The summed E-state index contributed by atoms with van der Waals surface area (Å²) in [6.45, 7) is 0.490. The quantitative estimate of drug-likeness (QED) is 0.853. The summed E-state index contributed by atoms with van der Waals surface area (Å²) in [5.74, 6) is 0.520. The highest BCUT2D eigenvalue weighted by Gasteiger charge is 2.42. The van der Waals surface area contributed by atoms with Crippen molar-refractivity contribution >= 4 is 21.4 Å². The molecule has 3 rings (SSSR count). The number of aliphatic hydroxyl groups is 1. The maximum atomic E-state index is 12.3. The van der Waals surface area contributed by atoms with Crippen molar-refractivity contribution in [2.24, 2.45) is 5.92 Å². The van der Waals surface area contributed by atoms with Crippen LogP contribution in [0.4, 0.5) is 0 Å². The molecule has 0 amide bonds. The van der Waals surface area contributed by atoms with E-state index in [1.54, 1.807) is 5.38 Å². The number of sulfonamides is 1. The van der Waals surface area contributed by atoms with Crippen LogP contribution in [0.1, 0.15) is 24.8 Å². The first-order chi connectivity index (χ1) is 9.10. The molecule has 0 radical (unpaired) electrons. The first-order valence-corrected chi connectivity index (χ1v) is 8.78. The van der Waals surface area contributed by atoms with Gasteiger partial charge in [-0.2, -0.15) is 0 Å². The van der Waals surface area contributed by atoms with Crippen molar-refractivity contribution in [3.8, 4) is 0 Å². The topological polar surface area (TPSA) is 75.6 Å². The van der Waals surface area contributed by atoms with E-state index in [1.807, 2.05) is 0 Å². The molecule has 106 valence electrons. The third-order valence-corrected chi connectivity index (χ3v) is 6.58. The van der Waals surface area contributed by atoms with Crippen molar-refractivity contribution in [3.63, 3.8) is 0 Å². The minimum atomic E-state index is -3.49. The van der Waals surface area contributed by atoms with Crippen LogP contribution in [-0.4, -0.2) is 32.3 Å². The van der Waals surface area contributed by atoms with Crippen LogP contribution in [0.2, 0.25) is 0 Å². The van der Waals surface area contributed by atoms with Gasteiger partial charge in [0.1, 0.15) is 4.21 Å². The zero-order valence-corrected chi connectivity index (χ0v) is 12.0. The summed E-state index contributed by atoms with van der Waals surface area (Å²) in [5.41, 5.74) is 0.631. The minimum absolute atomic E-state index is 0.0343. The van der Waals surface area contributed by atoms with Crippen LogP contribution in [0.3, 0.4) is 0 Å².